The Labute approximate surface area is 258 Å². The second-order valence-corrected chi connectivity index (χ2v) is 11.7. The molecule has 0 fully saturated rings. The van der Waals surface area contributed by atoms with Crippen LogP contribution in [0.2, 0.25) is 0 Å². The number of carboxylic acid groups (broad SMARTS) is 1. The topological polar surface area (TPSA) is 101 Å². The summed E-state index contributed by atoms with van der Waals surface area (Å²) in [5.41, 5.74) is 7.28. The van der Waals surface area contributed by atoms with Crippen LogP contribution in [0.5, 0.6) is 5.75 Å². The zero-order valence-electron chi connectivity index (χ0n) is 25.2. The number of aryl methyl sites for hydroxylation is 1. The molecule has 4 aromatic rings. The molecule has 0 aliphatic rings. The molecule has 0 saturated carbocycles. The van der Waals surface area contributed by atoms with E-state index in [9.17, 15) is 9.59 Å². The number of hydrogen-bond acceptors (Lipinski definition) is 6. The minimum absolute atomic E-state index is 0.0776. The van der Waals surface area contributed by atoms with Crippen LogP contribution in [-0.2, 0) is 22.6 Å². The molecule has 1 aromatic heterocycles. The van der Waals surface area contributed by atoms with E-state index in [0.29, 0.717) is 24.6 Å². The van der Waals surface area contributed by atoms with Gasteiger partial charge in [-0.1, -0.05) is 69.2 Å². The fourth-order valence-corrected chi connectivity index (χ4v) is 6.01. The van der Waals surface area contributed by atoms with Gasteiger partial charge in [0.1, 0.15) is 12.4 Å². The van der Waals surface area contributed by atoms with Gasteiger partial charge in [0.2, 0.25) is 5.91 Å². The van der Waals surface area contributed by atoms with E-state index >= 15 is 0 Å². The van der Waals surface area contributed by atoms with Gasteiger partial charge in [-0.15, -0.1) is 11.3 Å². The van der Waals surface area contributed by atoms with E-state index < -0.39 is 5.97 Å². The number of aliphatic carboxylic acids is 1. The molecular weight excluding hydrogens is 558 g/mol. The molecule has 7 nitrogen and oxygen atoms in total. The van der Waals surface area contributed by atoms with Crippen molar-refractivity contribution in [3.05, 3.63) is 99.4 Å². The maximum atomic E-state index is 12.3. The monoisotopic (exact) mass is 599 g/mol. The Morgan fingerprint density at radius 1 is 0.977 bits per heavy atom. The Balaban J connectivity index is 1.36. The molecule has 3 aromatic carbocycles. The van der Waals surface area contributed by atoms with Crippen LogP contribution in [0.4, 0.5) is 5.69 Å². The number of nitrogens with one attached hydrogen (secondary N) is 2. The smallest absolute Gasteiger partial charge is 0.317 e. The highest BCUT2D eigenvalue weighted by atomic mass is 32.1. The molecule has 1 amide bonds. The third kappa shape index (κ3) is 9.49. The van der Waals surface area contributed by atoms with Crippen LogP contribution in [-0.4, -0.2) is 35.1 Å². The van der Waals surface area contributed by atoms with Gasteiger partial charge >= 0.3 is 5.97 Å². The quantitative estimate of drug-likeness (QED) is 0.123. The van der Waals surface area contributed by atoms with Gasteiger partial charge < -0.3 is 15.2 Å². The highest BCUT2D eigenvalue weighted by Crippen LogP contribution is 2.31. The van der Waals surface area contributed by atoms with Crippen LogP contribution in [0.3, 0.4) is 0 Å². The molecule has 0 saturated heterocycles. The molecule has 8 heteroatoms. The summed E-state index contributed by atoms with van der Waals surface area (Å²) in [5, 5.41) is 17.2. The zero-order valence-corrected chi connectivity index (χ0v) is 26.0. The van der Waals surface area contributed by atoms with Crippen molar-refractivity contribution in [1.82, 2.24) is 10.3 Å². The lowest BCUT2D eigenvalue weighted by molar-refractivity contribution is -0.135. The number of carbonyl (C=O) groups excluding carboxylic acids is 1. The summed E-state index contributed by atoms with van der Waals surface area (Å²) < 4.78 is 6.14. The van der Waals surface area contributed by atoms with Crippen LogP contribution in [0.1, 0.15) is 72.7 Å². The molecule has 0 unspecified atom stereocenters. The van der Waals surface area contributed by atoms with Gasteiger partial charge in [-0.2, -0.15) is 0 Å². The molecule has 0 radical (unpaired) electrons. The van der Waals surface area contributed by atoms with Gasteiger partial charge in [0.15, 0.2) is 0 Å². The molecule has 226 valence electrons. The predicted octanol–water partition coefficient (Wildman–Crippen LogP) is 7.58. The average molecular weight is 600 g/mol. The lowest BCUT2D eigenvalue weighted by Gasteiger charge is -2.16. The molecule has 1 heterocycles. The first kappa shape index (κ1) is 31.9. The molecule has 3 N–H and O–H groups in total. The maximum Gasteiger partial charge on any atom is 0.317 e. The summed E-state index contributed by atoms with van der Waals surface area (Å²) in [4.78, 5) is 27.8. The highest BCUT2D eigenvalue weighted by molar-refractivity contribution is 7.10. The Morgan fingerprint density at radius 3 is 2.42 bits per heavy atom. The van der Waals surface area contributed by atoms with Gasteiger partial charge in [0.05, 0.1) is 23.8 Å². The Morgan fingerprint density at radius 2 is 1.72 bits per heavy atom. The summed E-state index contributed by atoms with van der Waals surface area (Å²) >= 11 is 1.58. The number of amides is 1. The molecule has 4 rings (SSSR count). The number of carboxylic acids is 1. The normalized spacial score (nSPS) is 11.1. The summed E-state index contributed by atoms with van der Waals surface area (Å²) in [6, 6.07) is 22.6. The second kappa shape index (κ2) is 16.0. The molecule has 0 spiro atoms. The number of anilines is 1. The molecular formula is C35H41N3O4S. The van der Waals surface area contributed by atoms with Gasteiger partial charge in [-0.25, -0.2) is 4.98 Å². The summed E-state index contributed by atoms with van der Waals surface area (Å²) in [7, 11) is 0. The van der Waals surface area contributed by atoms with E-state index in [2.05, 4.69) is 73.2 Å². The zero-order chi connectivity index (χ0) is 30.6. The Bertz CT molecular complexity index is 1490. The molecule has 0 atom stereocenters. The van der Waals surface area contributed by atoms with Crippen molar-refractivity contribution in [2.75, 3.05) is 18.4 Å². The molecule has 43 heavy (non-hydrogen) atoms. The van der Waals surface area contributed by atoms with Crippen LogP contribution < -0.4 is 15.4 Å². The number of thiazole rings is 1. The maximum absolute atomic E-state index is 12.3. The second-order valence-electron chi connectivity index (χ2n) is 10.8. The van der Waals surface area contributed by atoms with Gasteiger partial charge in [0.25, 0.3) is 0 Å². The van der Waals surface area contributed by atoms with Crippen LogP contribution in [0.15, 0.2) is 72.1 Å². The van der Waals surface area contributed by atoms with Crippen LogP contribution >= 0.6 is 11.3 Å². The van der Waals surface area contributed by atoms with Crippen molar-refractivity contribution in [3.8, 4) is 17.0 Å². The Hall–Kier alpha value is -4.01. The predicted molar refractivity (Wildman–Crippen MR) is 174 cm³/mol. The lowest BCUT2D eigenvalue weighted by atomic mass is 9.90. The molecule has 0 bridgehead atoms. The first-order chi connectivity index (χ1) is 20.9. The van der Waals surface area contributed by atoms with Crippen molar-refractivity contribution >= 4 is 28.9 Å². The number of benzene rings is 3. The SMILES string of the molecule is CCCC(CCC)c1ccc(COc2ccc(-c3csc(Cc4ccccc4NC(=O)CNCC(=O)O)n3)c(C)c2)cc1. The number of nitrogens with zero attached hydrogens (tertiary/aromatic N) is 1. The number of carbonyl (C=O) groups is 2. The highest BCUT2D eigenvalue weighted by Gasteiger charge is 2.13. The van der Waals surface area contributed by atoms with Crippen molar-refractivity contribution in [2.24, 2.45) is 0 Å². The molecule has 0 aliphatic heterocycles. The Kier molecular flexibility index (Phi) is 11.9. The van der Waals surface area contributed by atoms with E-state index in [4.69, 9.17) is 14.8 Å². The summed E-state index contributed by atoms with van der Waals surface area (Å²) in [5.74, 6) is 0.171. The lowest BCUT2D eigenvalue weighted by Crippen LogP contribution is -2.32. The number of hydrogen-bond donors (Lipinski definition) is 3. The van der Waals surface area contributed by atoms with E-state index in [0.717, 1.165) is 38.7 Å². The first-order valence-corrected chi connectivity index (χ1v) is 15.8. The number of rotatable bonds is 16. The van der Waals surface area contributed by atoms with E-state index in [1.165, 1.54) is 31.2 Å². The minimum Gasteiger partial charge on any atom is -0.489 e. The van der Waals surface area contributed by atoms with Crippen LogP contribution in [0, 0.1) is 6.92 Å². The number of aromatic nitrogens is 1. The summed E-state index contributed by atoms with van der Waals surface area (Å²) in [6.45, 7) is 6.76. The van der Waals surface area contributed by atoms with E-state index in [1.807, 2.05) is 30.3 Å². The standard InChI is InChI=1S/C35H41N3O4S/c1-4-8-26(9-5-2)27-14-12-25(13-15-27)22-42-29-16-17-30(24(3)18-29)32-23-43-34(38-32)19-28-10-6-7-11-31(28)37-33(39)20-36-21-35(40)41/h6-7,10-18,23,26,36H,4-5,8-9,19-22H2,1-3H3,(H,37,39)(H,40,41). The number of ether oxygens (including phenoxy) is 1. The average Bonchev–Trinajstić information content (AvgIpc) is 3.45. The van der Waals surface area contributed by atoms with Gasteiger partial charge in [-0.3, -0.25) is 14.9 Å². The van der Waals surface area contributed by atoms with Gasteiger partial charge in [-0.05, 0) is 72.2 Å². The van der Waals surface area contributed by atoms with E-state index in [1.54, 1.807) is 11.3 Å². The van der Waals surface area contributed by atoms with Crippen molar-refractivity contribution in [2.45, 2.75) is 65.4 Å². The third-order valence-corrected chi connectivity index (χ3v) is 8.20. The third-order valence-electron chi connectivity index (χ3n) is 7.35. The van der Waals surface area contributed by atoms with Crippen molar-refractivity contribution < 1.29 is 19.4 Å². The number of para-hydroxylation sites is 1. The first-order valence-electron chi connectivity index (χ1n) is 14.9. The minimum atomic E-state index is -1.01. The summed E-state index contributed by atoms with van der Waals surface area (Å²) in [6.07, 6.45) is 5.45. The fourth-order valence-electron chi connectivity index (χ4n) is 5.19. The molecule has 0 aliphatic carbocycles. The fraction of sp³-hybridized carbons (Fsp3) is 0.343. The van der Waals surface area contributed by atoms with Crippen molar-refractivity contribution in [3.63, 3.8) is 0 Å². The van der Waals surface area contributed by atoms with E-state index in [-0.39, 0.29) is 19.0 Å². The van der Waals surface area contributed by atoms with Crippen molar-refractivity contribution in [1.29, 1.82) is 0 Å². The van der Waals surface area contributed by atoms with Crippen LogP contribution in [0.25, 0.3) is 11.3 Å². The largest absolute Gasteiger partial charge is 0.489 e. The van der Waals surface area contributed by atoms with Gasteiger partial charge in [0, 0.05) is 23.1 Å².